The average Bonchev–Trinajstić information content (AvgIpc) is 2.33. The van der Waals surface area contributed by atoms with Gasteiger partial charge in [-0.1, -0.05) is 6.92 Å². The molecule has 3 heteroatoms. The highest BCUT2D eigenvalue weighted by molar-refractivity contribution is 5.80. The maximum absolute atomic E-state index is 10.8. The van der Waals surface area contributed by atoms with E-state index in [1.165, 1.54) is 0 Å². The van der Waals surface area contributed by atoms with Crippen LogP contribution >= 0.6 is 0 Å². The Balaban J connectivity index is 2.50. The van der Waals surface area contributed by atoms with Crippen molar-refractivity contribution in [2.75, 3.05) is 13.1 Å². The van der Waals surface area contributed by atoms with E-state index in [4.69, 9.17) is 5.73 Å². The van der Waals surface area contributed by atoms with Gasteiger partial charge in [-0.2, -0.15) is 0 Å². The van der Waals surface area contributed by atoms with Crippen molar-refractivity contribution in [3.8, 4) is 0 Å². The maximum Gasteiger partial charge on any atom is 0.234 e. The summed E-state index contributed by atoms with van der Waals surface area (Å²) in [6.45, 7) is 4.03. The fourth-order valence-electron chi connectivity index (χ4n) is 1.53. The second-order valence-electron chi connectivity index (χ2n) is 2.69. The lowest BCUT2D eigenvalue weighted by molar-refractivity contribution is -0.122. The molecule has 58 valence electrons. The molecular weight excluding hydrogens is 128 g/mol. The molecule has 0 saturated carbocycles. The normalized spacial score (nSPS) is 27.1. The number of likely N-dealkylation sites (tertiary alicyclic amines) is 1. The zero-order valence-corrected chi connectivity index (χ0v) is 6.34. The lowest BCUT2D eigenvalue weighted by Gasteiger charge is -2.18. The van der Waals surface area contributed by atoms with Gasteiger partial charge in [-0.25, -0.2) is 0 Å². The Labute approximate surface area is 61.2 Å². The highest BCUT2D eigenvalue weighted by Crippen LogP contribution is 2.15. The van der Waals surface area contributed by atoms with Crippen LogP contribution in [-0.4, -0.2) is 29.9 Å². The second-order valence-corrected chi connectivity index (χ2v) is 2.69. The molecule has 1 saturated heterocycles. The van der Waals surface area contributed by atoms with Gasteiger partial charge in [0.05, 0.1) is 6.04 Å². The first-order valence-corrected chi connectivity index (χ1v) is 3.79. The fourth-order valence-corrected chi connectivity index (χ4v) is 1.53. The van der Waals surface area contributed by atoms with E-state index >= 15 is 0 Å². The summed E-state index contributed by atoms with van der Waals surface area (Å²) in [4.78, 5) is 12.9. The Morgan fingerprint density at radius 2 is 2.50 bits per heavy atom. The molecule has 0 aromatic heterocycles. The van der Waals surface area contributed by atoms with Crippen molar-refractivity contribution in [3.63, 3.8) is 0 Å². The third-order valence-electron chi connectivity index (χ3n) is 2.10. The van der Waals surface area contributed by atoms with E-state index < -0.39 is 0 Å². The van der Waals surface area contributed by atoms with E-state index in [0.29, 0.717) is 0 Å². The smallest absolute Gasteiger partial charge is 0.234 e. The number of amides is 1. The van der Waals surface area contributed by atoms with Gasteiger partial charge in [0, 0.05) is 0 Å². The lowest BCUT2D eigenvalue weighted by atomic mass is 10.2. The minimum Gasteiger partial charge on any atom is -0.368 e. The predicted octanol–water partition coefficient (Wildman–Crippen LogP) is -0.0440. The van der Waals surface area contributed by atoms with Gasteiger partial charge in [-0.05, 0) is 25.9 Å². The first-order valence-electron chi connectivity index (χ1n) is 3.79. The zero-order valence-electron chi connectivity index (χ0n) is 6.34. The average molecular weight is 142 g/mol. The maximum atomic E-state index is 10.8. The summed E-state index contributed by atoms with van der Waals surface area (Å²) >= 11 is 0. The molecule has 0 aromatic rings. The van der Waals surface area contributed by atoms with Crippen molar-refractivity contribution in [2.45, 2.75) is 25.8 Å². The molecule has 1 aliphatic heterocycles. The molecule has 0 aliphatic carbocycles. The zero-order chi connectivity index (χ0) is 7.56. The molecule has 0 bridgehead atoms. The Morgan fingerprint density at radius 3 is 2.90 bits per heavy atom. The molecule has 0 spiro atoms. The third kappa shape index (κ3) is 1.29. The summed E-state index contributed by atoms with van der Waals surface area (Å²) in [7, 11) is 0. The largest absolute Gasteiger partial charge is 0.368 e. The number of likely N-dealkylation sites (N-methyl/N-ethyl adjacent to an activating group) is 1. The molecule has 1 rings (SSSR count). The second kappa shape index (κ2) is 3.01. The van der Waals surface area contributed by atoms with Crippen LogP contribution in [0.4, 0.5) is 0 Å². The third-order valence-corrected chi connectivity index (χ3v) is 2.10. The minimum atomic E-state index is -0.167. The number of primary amides is 1. The van der Waals surface area contributed by atoms with Gasteiger partial charge >= 0.3 is 0 Å². The standard InChI is InChI=1S/C7H14N2O/c1-2-9-5-3-4-6(9)7(8)10/h6H,2-5H2,1H3,(H2,8,10)/t6-/m0/s1. The van der Waals surface area contributed by atoms with Crippen molar-refractivity contribution in [2.24, 2.45) is 5.73 Å². The fraction of sp³-hybridized carbons (Fsp3) is 0.857. The monoisotopic (exact) mass is 142 g/mol. The number of hydrogen-bond acceptors (Lipinski definition) is 2. The molecule has 0 unspecified atom stereocenters. The number of rotatable bonds is 2. The van der Waals surface area contributed by atoms with Crippen LogP contribution in [0.15, 0.2) is 0 Å². The van der Waals surface area contributed by atoms with Gasteiger partial charge in [-0.15, -0.1) is 0 Å². The van der Waals surface area contributed by atoms with Gasteiger partial charge < -0.3 is 5.73 Å². The van der Waals surface area contributed by atoms with E-state index in [2.05, 4.69) is 11.8 Å². The summed E-state index contributed by atoms with van der Waals surface area (Å²) in [5, 5.41) is 0. The van der Waals surface area contributed by atoms with Gasteiger partial charge in [0.25, 0.3) is 0 Å². The SMILES string of the molecule is CCN1CCC[C@H]1C(N)=O. The highest BCUT2D eigenvalue weighted by Gasteiger charge is 2.26. The topological polar surface area (TPSA) is 46.3 Å². The minimum absolute atomic E-state index is 0.0185. The van der Waals surface area contributed by atoms with Crippen LogP contribution in [0.3, 0.4) is 0 Å². The van der Waals surface area contributed by atoms with Gasteiger partial charge in [0.1, 0.15) is 0 Å². The molecular formula is C7H14N2O. The molecule has 3 nitrogen and oxygen atoms in total. The molecule has 1 heterocycles. The van der Waals surface area contributed by atoms with Gasteiger partial charge in [-0.3, -0.25) is 9.69 Å². The molecule has 1 atom stereocenters. The molecule has 1 fully saturated rings. The van der Waals surface area contributed by atoms with E-state index in [-0.39, 0.29) is 11.9 Å². The van der Waals surface area contributed by atoms with Crippen molar-refractivity contribution in [1.29, 1.82) is 0 Å². The van der Waals surface area contributed by atoms with Crippen LogP contribution in [0.2, 0.25) is 0 Å². The van der Waals surface area contributed by atoms with Gasteiger partial charge in [0.2, 0.25) is 5.91 Å². The summed E-state index contributed by atoms with van der Waals surface area (Å²) < 4.78 is 0. The number of hydrogen-bond donors (Lipinski definition) is 1. The Bertz CT molecular complexity index is 136. The molecule has 1 aliphatic rings. The number of carbonyl (C=O) groups is 1. The molecule has 10 heavy (non-hydrogen) atoms. The Morgan fingerprint density at radius 1 is 1.80 bits per heavy atom. The summed E-state index contributed by atoms with van der Waals surface area (Å²) in [5.41, 5.74) is 5.18. The molecule has 0 radical (unpaired) electrons. The highest BCUT2D eigenvalue weighted by atomic mass is 16.1. The molecule has 1 amide bonds. The molecule has 2 N–H and O–H groups in total. The van der Waals surface area contributed by atoms with Crippen LogP contribution in [0.25, 0.3) is 0 Å². The van der Waals surface area contributed by atoms with Crippen LogP contribution in [0, 0.1) is 0 Å². The van der Waals surface area contributed by atoms with Crippen LogP contribution in [-0.2, 0) is 4.79 Å². The first-order chi connectivity index (χ1) is 4.75. The van der Waals surface area contributed by atoms with Crippen molar-refractivity contribution < 1.29 is 4.79 Å². The quantitative estimate of drug-likeness (QED) is 0.588. The van der Waals surface area contributed by atoms with Crippen molar-refractivity contribution in [3.05, 3.63) is 0 Å². The van der Waals surface area contributed by atoms with Crippen molar-refractivity contribution in [1.82, 2.24) is 4.90 Å². The van der Waals surface area contributed by atoms with Crippen LogP contribution in [0.1, 0.15) is 19.8 Å². The summed E-state index contributed by atoms with van der Waals surface area (Å²) in [6.07, 6.45) is 2.06. The predicted molar refractivity (Wildman–Crippen MR) is 39.5 cm³/mol. The van der Waals surface area contributed by atoms with Crippen LogP contribution < -0.4 is 5.73 Å². The first kappa shape index (κ1) is 7.54. The Hall–Kier alpha value is -0.570. The molecule has 0 aromatic carbocycles. The number of nitrogens with zero attached hydrogens (tertiary/aromatic N) is 1. The van der Waals surface area contributed by atoms with E-state index in [0.717, 1.165) is 25.9 Å². The van der Waals surface area contributed by atoms with Gasteiger partial charge in [0.15, 0.2) is 0 Å². The van der Waals surface area contributed by atoms with Crippen molar-refractivity contribution >= 4 is 5.91 Å². The summed E-state index contributed by atoms with van der Waals surface area (Å²) in [5.74, 6) is -0.167. The van der Waals surface area contributed by atoms with E-state index in [1.54, 1.807) is 0 Å². The summed E-state index contributed by atoms with van der Waals surface area (Å²) in [6, 6.07) is 0.0185. The van der Waals surface area contributed by atoms with E-state index in [9.17, 15) is 4.79 Å². The lowest BCUT2D eigenvalue weighted by Crippen LogP contribution is -2.39. The van der Waals surface area contributed by atoms with Crippen LogP contribution in [0.5, 0.6) is 0 Å². The number of nitrogens with two attached hydrogens (primary N) is 1. The van der Waals surface area contributed by atoms with E-state index in [1.807, 2.05) is 0 Å². The Kier molecular flexibility index (Phi) is 2.27. The number of carbonyl (C=O) groups excluding carboxylic acids is 1.